The summed E-state index contributed by atoms with van der Waals surface area (Å²) in [6.07, 6.45) is 0.0221. The van der Waals surface area contributed by atoms with Crippen molar-refractivity contribution in [1.82, 2.24) is 4.90 Å². The Balaban J connectivity index is 1.76. The summed E-state index contributed by atoms with van der Waals surface area (Å²) >= 11 is 1.54. The Kier molecular flexibility index (Phi) is 7.17. The van der Waals surface area contributed by atoms with E-state index in [0.717, 1.165) is 10.6 Å². The van der Waals surface area contributed by atoms with Gasteiger partial charge in [0.2, 0.25) is 5.78 Å². The summed E-state index contributed by atoms with van der Waals surface area (Å²) in [7, 11) is 6.84. The van der Waals surface area contributed by atoms with Gasteiger partial charge in [0, 0.05) is 47.8 Å². The van der Waals surface area contributed by atoms with Crippen LogP contribution >= 0.6 is 11.8 Å². The third kappa shape index (κ3) is 4.22. The third-order valence-electron chi connectivity index (χ3n) is 8.51. The summed E-state index contributed by atoms with van der Waals surface area (Å²) in [5.41, 5.74) is 3.19. The highest BCUT2D eigenvalue weighted by Gasteiger charge is 2.65. The summed E-state index contributed by atoms with van der Waals surface area (Å²) in [6.45, 7) is 0. The molecule has 11 heteroatoms. The Morgan fingerprint density at radius 3 is 2.29 bits per heavy atom. The number of rotatable bonds is 6. The van der Waals surface area contributed by atoms with E-state index in [4.69, 9.17) is 5.73 Å². The smallest absolute Gasteiger partial charge is 0.255 e. The minimum absolute atomic E-state index is 0.0221. The zero-order valence-electron chi connectivity index (χ0n) is 23.2. The van der Waals surface area contributed by atoms with Gasteiger partial charge in [0.05, 0.1) is 11.6 Å². The maximum atomic E-state index is 14.3. The number of fused-ring (bicyclic) bond motifs is 3. The molecule has 2 aromatic rings. The van der Waals surface area contributed by atoms with Gasteiger partial charge in [0.15, 0.2) is 11.4 Å². The molecule has 5 atom stereocenters. The van der Waals surface area contributed by atoms with Gasteiger partial charge in [-0.05, 0) is 56.3 Å². The van der Waals surface area contributed by atoms with Gasteiger partial charge in [-0.2, -0.15) is 0 Å². The number of aromatic hydroxyl groups is 1. The average molecular weight is 580 g/mol. The summed E-state index contributed by atoms with van der Waals surface area (Å²) in [4.78, 5) is 44.3. The number of primary amides is 1. The maximum absolute atomic E-state index is 14.3. The monoisotopic (exact) mass is 579 g/mol. The van der Waals surface area contributed by atoms with Crippen LogP contribution in [-0.4, -0.2) is 88.4 Å². The highest BCUT2D eigenvalue weighted by atomic mass is 32.2. The SMILES string of the molecule is CN(C)c1ccc(O)c2c1C(CSc1ccccc1)C1C[C@H]3[C@H](N(C)C)C(=O)C(C(N)=O)=C(O)[C@@]3(O)C(=O)C1=C2O. The number of ketones is 2. The molecule has 6 N–H and O–H groups in total. The van der Waals surface area contributed by atoms with Gasteiger partial charge in [-0.3, -0.25) is 19.3 Å². The van der Waals surface area contributed by atoms with E-state index in [0.29, 0.717) is 11.3 Å². The van der Waals surface area contributed by atoms with Crippen LogP contribution in [0.3, 0.4) is 0 Å². The fraction of sp³-hybridized carbons (Fsp3) is 0.367. The van der Waals surface area contributed by atoms with E-state index in [1.54, 1.807) is 31.9 Å². The molecule has 1 amide bonds. The van der Waals surface area contributed by atoms with Gasteiger partial charge in [0.25, 0.3) is 5.91 Å². The van der Waals surface area contributed by atoms with Gasteiger partial charge < -0.3 is 31.1 Å². The fourth-order valence-electron chi connectivity index (χ4n) is 6.71. The normalized spacial score (nSPS) is 27.5. The molecular weight excluding hydrogens is 546 g/mol. The van der Waals surface area contributed by atoms with Crippen LogP contribution in [-0.2, 0) is 14.4 Å². The number of hydrogen-bond acceptors (Lipinski definition) is 10. The van der Waals surface area contributed by atoms with Crippen LogP contribution in [0.15, 0.2) is 64.3 Å². The Labute approximate surface area is 241 Å². The molecule has 10 nitrogen and oxygen atoms in total. The molecule has 3 aliphatic carbocycles. The predicted octanol–water partition coefficient (Wildman–Crippen LogP) is 2.36. The van der Waals surface area contributed by atoms with E-state index >= 15 is 0 Å². The van der Waals surface area contributed by atoms with E-state index in [1.807, 2.05) is 49.3 Å². The number of amides is 1. The topological polar surface area (TPSA) is 165 Å². The molecule has 5 rings (SSSR count). The number of phenolic OH excluding ortho intramolecular Hbond substituents is 1. The molecule has 0 heterocycles. The van der Waals surface area contributed by atoms with Gasteiger partial charge in [0.1, 0.15) is 22.8 Å². The molecule has 2 unspecified atom stereocenters. The molecule has 0 aromatic heterocycles. The van der Waals surface area contributed by atoms with Gasteiger partial charge in [-0.15, -0.1) is 11.8 Å². The largest absolute Gasteiger partial charge is 0.508 e. The highest BCUT2D eigenvalue weighted by Crippen LogP contribution is 2.58. The standard InChI is InChI=1S/C30H33N3O7S/c1-32(2)18-10-11-19(34)22-20(18)16(13-41-14-8-6-5-7-9-14)15-12-17-24(33(3)4)26(36)23(29(31)39)28(38)30(17,40)27(37)21(15)25(22)35/h5-11,15-17,24,34-35,38,40H,12-13H2,1-4H3,(H2,31,39)/t15?,16?,17-,24-,30-/m0/s1. The van der Waals surface area contributed by atoms with Crippen LogP contribution in [0.5, 0.6) is 5.75 Å². The second-order valence-electron chi connectivity index (χ2n) is 11.2. The third-order valence-corrected chi connectivity index (χ3v) is 9.64. The van der Waals surface area contributed by atoms with Crippen molar-refractivity contribution >= 4 is 40.7 Å². The average Bonchev–Trinajstić information content (AvgIpc) is 2.90. The van der Waals surface area contributed by atoms with Crippen molar-refractivity contribution in [2.24, 2.45) is 17.6 Å². The summed E-state index contributed by atoms with van der Waals surface area (Å²) in [5, 5.41) is 45.6. The van der Waals surface area contributed by atoms with Crippen molar-refractivity contribution in [1.29, 1.82) is 0 Å². The van der Waals surface area contributed by atoms with E-state index in [-0.39, 0.29) is 23.3 Å². The predicted molar refractivity (Wildman–Crippen MR) is 155 cm³/mol. The molecule has 3 aliphatic rings. The summed E-state index contributed by atoms with van der Waals surface area (Å²) in [6, 6.07) is 11.7. The van der Waals surface area contributed by atoms with Crippen LogP contribution < -0.4 is 10.6 Å². The second kappa shape index (κ2) is 10.2. The van der Waals surface area contributed by atoms with Crippen LogP contribution in [0.25, 0.3) is 5.76 Å². The lowest BCUT2D eigenvalue weighted by Gasteiger charge is -2.52. The number of aliphatic hydroxyl groups is 3. The first kappa shape index (κ1) is 28.7. The zero-order valence-corrected chi connectivity index (χ0v) is 24.0. The lowest BCUT2D eigenvalue weighted by Crippen LogP contribution is -2.66. The molecular formula is C30H33N3O7S. The van der Waals surface area contributed by atoms with E-state index in [2.05, 4.69) is 0 Å². The number of aliphatic hydroxyl groups excluding tert-OH is 2. The Hall–Kier alpha value is -3.80. The van der Waals surface area contributed by atoms with Crippen molar-refractivity contribution in [3.05, 3.63) is 70.5 Å². The minimum Gasteiger partial charge on any atom is -0.508 e. The number of carbonyl (C=O) groups excluding carboxylic acids is 3. The lowest BCUT2D eigenvalue weighted by atomic mass is 9.55. The quantitative estimate of drug-likeness (QED) is 0.253. The van der Waals surface area contributed by atoms with E-state index in [9.17, 15) is 34.8 Å². The van der Waals surface area contributed by atoms with E-state index in [1.165, 1.54) is 11.0 Å². The molecule has 1 fully saturated rings. The molecule has 2 aromatic carbocycles. The van der Waals surface area contributed by atoms with Gasteiger partial charge in [-0.25, -0.2) is 0 Å². The Morgan fingerprint density at radius 2 is 1.71 bits per heavy atom. The van der Waals surface area contributed by atoms with Crippen molar-refractivity contribution in [2.75, 3.05) is 38.8 Å². The van der Waals surface area contributed by atoms with Crippen LogP contribution in [0, 0.1) is 11.8 Å². The van der Waals surface area contributed by atoms with Crippen molar-refractivity contribution < 1.29 is 34.8 Å². The zero-order chi connectivity index (χ0) is 30.0. The molecule has 216 valence electrons. The summed E-state index contributed by atoms with van der Waals surface area (Å²) in [5.74, 6) is -6.75. The molecule has 0 aliphatic heterocycles. The number of anilines is 1. The number of phenols is 1. The number of thioether (sulfide) groups is 1. The Bertz CT molecular complexity index is 1520. The fourth-order valence-corrected chi connectivity index (χ4v) is 7.83. The molecule has 0 bridgehead atoms. The highest BCUT2D eigenvalue weighted by molar-refractivity contribution is 7.99. The van der Waals surface area contributed by atoms with Crippen LogP contribution in [0.1, 0.15) is 23.5 Å². The van der Waals surface area contributed by atoms with Gasteiger partial charge in [-0.1, -0.05) is 18.2 Å². The molecule has 0 radical (unpaired) electrons. The first-order chi connectivity index (χ1) is 19.3. The summed E-state index contributed by atoms with van der Waals surface area (Å²) < 4.78 is 0. The van der Waals surface area contributed by atoms with Crippen LogP contribution in [0.2, 0.25) is 0 Å². The number of carbonyl (C=O) groups is 3. The first-order valence-corrected chi connectivity index (χ1v) is 14.2. The Morgan fingerprint density at radius 1 is 1.05 bits per heavy atom. The number of nitrogens with two attached hydrogens (primary N) is 1. The second-order valence-corrected chi connectivity index (χ2v) is 12.3. The lowest BCUT2D eigenvalue weighted by molar-refractivity contribution is -0.154. The van der Waals surface area contributed by atoms with Crippen molar-refractivity contribution in [3.63, 3.8) is 0 Å². The van der Waals surface area contributed by atoms with Crippen molar-refractivity contribution in [2.45, 2.75) is 28.9 Å². The number of benzene rings is 2. The number of hydrogen-bond donors (Lipinski definition) is 5. The van der Waals surface area contributed by atoms with Gasteiger partial charge >= 0.3 is 0 Å². The van der Waals surface area contributed by atoms with Crippen LogP contribution in [0.4, 0.5) is 5.69 Å². The minimum atomic E-state index is -2.68. The maximum Gasteiger partial charge on any atom is 0.255 e. The number of nitrogens with zero attached hydrogens (tertiary/aromatic N) is 2. The molecule has 0 saturated heterocycles. The molecule has 1 saturated carbocycles. The molecule has 0 spiro atoms. The molecule has 41 heavy (non-hydrogen) atoms. The first-order valence-electron chi connectivity index (χ1n) is 13.2. The number of likely N-dealkylation sites (N-methyl/N-ethyl adjacent to an activating group) is 1. The van der Waals surface area contributed by atoms with E-state index < -0.39 is 64.0 Å². The number of Topliss-reactive ketones (excluding diaryl/α,β-unsaturated/α-hetero) is 2. The van der Waals surface area contributed by atoms with Crippen molar-refractivity contribution in [3.8, 4) is 5.75 Å².